The monoisotopic (exact) mass is 498 g/mol. The van der Waals surface area contributed by atoms with Gasteiger partial charge < -0.3 is 0 Å². The molecule has 0 saturated heterocycles. The maximum atomic E-state index is 3.93. The number of fused-ring (bicyclic) bond motifs is 3. The van der Waals surface area contributed by atoms with E-state index in [2.05, 4.69) is 143 Å². The summed E-state index contributed by atoms with van der Waals surface area (Å²) in [4.78, 5) is 0. The maximum absolute atomic E-state index is 3.93. The van der Waals surface area contributed by atoms with Crippen LogP contribution in [0.4, 0.5) is 0 Å². The summed E-state index contributed by atoms with van der Waals surface area (Å²) in [5, 5.41) is 0. The summed E-state index contributed by atoms with van der Waals surface area (Å²) in [6, 6.07) is 34.6. The lowest BCUT2D eigenvalue weighted by molar-refractivity contribution is 0.660. The van der Waals surface area contributed by atoms with Crippen molar-refractivity contribution in [2.45, 2.75) is 53.9 Å². The SMILES string of the molecule is C/C=C\C(=C/C)c1ccc2c(c1)-c1ccccc1C2(C)C.C=C(C)c1ccc(-c2ccccc2)cc1.CC. The molecule has 0 spiro atoms. The lowest BCUT2D eigenvalue weighted by Crippen LogP contribution is -2.14. The molecule has 194 valence electrons. The van der Waals surface area contributed by atoms with Crippen molar-refractivity contribution in [3.8, 4) is 22.3 Å². The number of benzene rings is 4. The first-order chi connectivity index (χ1) is 18.4. The summed E-state index contributed by atoms with van der Waals surface area (Å²) >= 11 is 0. The summed E-state index contributed by atoms with van der Waals surface area (Å²) in [7, 11) is 0. The molecule has 0 heterocycles. The van der Waals surface area contributed by atoms with Crippen LogP contribution in [0.15, 0.2) is 122 Å². The zero-order valence-electron chi connectivity index (χ0n) is 24.2. The molecule has 4 aromatic rings. The lowest BCUT2D eigenvalue weighted by Gasteiger charge is -2.21. The molecule has 0 saturated carbocycles. The number of hydrogen-bond acceptors (Lipinski definition) is 0. The summed E-state index contributed by atoms with van der Waals surface area (Å²) in [6.07, 6.45) is 6.45. The van der Waals surface area contributed by atoms with Crippen molar-refractivity contribution in [1.29, 1.82) is 0 Å². The van der Waals surface area contributed by atoms with Crippen LogP contribution in [-0.2, 0) is 5.41 Å². The van der Waals surface area contributed by atoms with Gasteiger partial charge in [-0.3, -0.25) is 0 Å². The maximum Gasteiger partial charge on any atom is 0.0158 e. The van der Waals surface area contributed by atoms with Crippen molar-refractivity contribution < 1.29 is 0 Å². The quantitative estimate of drug-likeness (QED) is 0.245. The Morgan fingerprint density at radius 2 is 1.21 bits per heavy atom. The zero-order chi connectivity index (χ0) is 27.7. The highest BCUT2D eigenvalue weighted by atomic mass is 14.4. The topological polar surface area (TPSA) is 0 Å². The zero-order valence-corrected chi connectivity index (χ0v) is 24.2. The molecule has 0 fully saturated rings. The Hall–Kier alpha value is -3.90. The van der Waals surface area contributed by atoms with Crippen molar-refractivity contribution >= 4 is 11.1 Å². The molecule has 0 aromatic heterocycles. The number of allylic oxidation sites excluding steroid dienone is 5. The average molecular weight is 499 g/mol. The largest absolute Gasteiger partial charge is 0.0955 e. The van der Waals surface area contributed by atoms with Gasteiger partial charge in [-0.2, -0.15) is 0 Å². The first kappa shape index (κ1) is 28.7. The molecule has 5 rings (SSSR count). The average Bonchev–Trinajstić information content (AvgIpc) is 3.20. The van der Waals surface area contributed by atoms with E-state index in [1.165, 1.54) is 50.1 Å². The second kappa shape index (κ2) is 13.1. The van der Waals surface area contributed by atoms with Crippen molar-refractivity contribution in [3.05, 3.63) is 144 Å². The van der Waals surface area contributed by atoms with Crippen LogP contribution in [0, 0.1) is 0 Å². The van der Waals surface area contributed by atoms with Crippen LogP contribution in [-0.4, -0.2) is 0 Å². The molecule has 0 aliphatic heterocycles. The van der Waals surface area contributed by atoms with E-state index < -0.39 is 0 Å². The van der Waals surface area contributed by atoms with E-state index in [9.17, 15) is 0 Å². The Kier molecular flexibility index (Phi) is 9.85. The van der Waals surface area contributed by atoms with E-state index in [1.807, 2.05) is 26.8 Å². The molecular formula is C38H42. The Morgan fingerprint density at radius 3 is 1.82 bits per heavy atom. The van der Waals surface area contributed by atoms with Gasteiger partial charge in [0, 0.05) is 5.41 Å². The molecule has 0 heteroatoms. The van der Waals surface area contributed by atoms with Crippen molar-refractivity contribution in [3.63, 3.8) is 0 Å². The van der Waals surface area contributed by atoms with Crippen molar-refractivity contribution in [2.75, 3.05) is 0 Å². The molecule has 0 radical (unpaired) electrons. The van der Waals surface area contributed by atoms with Crippen molar-refractivity contribution in [2.24, 2.45) is 0 Å². The Labute approximate surface area is 231 Å². The minimum atomic E-state index is 0.0984. The van der Waals surface area contributed by atoms with Crippen LogP contribution in [0.5, 0.6) is 0 Å². The van der Waals surface area contributed by atoms with Gasteiger partial charge in [0.05, 0.1) is 0 Å². The van der Waals surface area contributed by atoms with Crippen LogP contribution in [0.2, 0.25) is 0 Å². The minimum absolute atomic E-state index is 0.0984. The highest BCUT2D eigenvalue weighted by Gasteiger charge is 2.34. The van der Waals surface area contributed by atoms with E-state index in [0.717, 1.165) is 5.57 Å². The van der Waals surface area contributed by atoms with Gasteiger partial charge in [0.1, 0.15) is 0 Å². The molecule has 0 atom stereocenters. The van der Waals surface area contributed by atoms with Crippen LogP contribution in [0.25, 0.3) is 33.4 Å². The number of rotatable bonds is 4. The van der Waals surface area contributed by atoms with Gasteiger partial charge in [-0.05, 0) is 76.9 Å². The van der Waals surface area contributed by atoms with Crippen LogP contribution >= 0.6 is 0 Å². The standard InChI is InChI=1S/C21H22.C15H14.C2H6/c1-5-9-15(6-2)16-12-13-20-18(14-16)17-10-7-8-11-19(17)21(20,3)4;1-12(2)13-8-10-15(11-9-13)14-6-4-3-5-7-14;1-2/h5-14H,1-4H3;3-11H,1H2,2H3;1-2H3/b9-5-,15-6+;;. The second-order valence-corrected chi connectivity index (χ2v) is 9.90. The molecular weight excluding hydrogens is 456 g/mol. The van der Waals surface area contributed by atoms with E-state index in [-0.39, 0.29) is 5.41 Å². The predicted octanol–water partition coefficient (Wildman–Crippen LogP) is 11.4. The smallest absolute Gasteiger partial charge is 0.0158 e. The van der Waals surface area contributed by atoms with Crippen LogP contribution in [0.1, 0.15) is 70.7 Å². The fraction of sp³-hybridized carbons (Fsp3) is 0.211. The highest BCUT2D eigenvalue weighted by Crippen LogP contribution is 2.49. The van der Waals surface area contributed by atoms with E-state index in [0.29, 0.717) is 0 Å². The Bertz CT molecular complexity index is 1410. The van der Waals surface area contributed by atoms with Gasteiger partial charge in [-0.15, -0.1) is 0 Å². The fourth-order valence-corrected chi connectivity index (χ4v) is 5.02. The van der Waals surface area contributed by atoms with Gasteiger partial charge in [-0.1, -0.05) is 149 Å². The van der Waals surface area contributed by atoms with Crippen LogP contribution in [0.3, 0.4) is 0 Å². The molecule has 4 aromatic carbocycles. The first-order valence-electron chi connectivity index (χ1n) is 13.7. The third-order valence-corrected chi connectivity index (χ3v) is 7.06. The predicted molar refractivity (Wildman–Crippen MR) is 170 cm³/mol. The van der Waals surface area contributed by atoms with Crippen molar-refractivity contribution in [1.82, 2.24) is 0 Å². The Balaban J connectivity index is 0.000000208. The molecule has 0 amide bonds. The van der Waals surface area contributed by atoms with Gasteiger partial charge in [-0.25, -0.2) is 0 Å². The molecule has 0 bridgehead atoms. The fourth-order valence-electron chi connectivity index (χ4n) is 5.02. The minimum Gasteiger partial charge on any atom is -0.0955 e. The molecule has 38 heavy (non-hydrogen) atoms. The van der Waals surface area contributed by atoms with Gasteiger partial charge >= 0.3 is 0 Å². The van der Waals surface area contributed by atoms with Gasteiger partial charge in [0.25, 0.3) is 0 Å². The summed E-state index contributed by atoms with van der Waals surface area (Å²) in [5.74, 6) is 0. The summed E-state index contributed by atoms with van der Waals surface area (Å²) in [5.41, 5.74) is 13.1. The summed E-state index contributed by atoms with van der Waals surface area (Å²) < 4.78 is 0. The normalized spacial score (nSPS) is 13.0. The molecule has 0 nitrogen and oxygen atoms in total. The lowest BCUT2D eigenvalue weighted by atomic mass is 9.82. The second-order valence-electron chi connectivity index (χ2n) is 9.90. The summed E-state index contributed by atoms with van der Waals surface area (Å²) in [6.45, 7) is 18.8. The highest BCUT2D eigenvalue weighted by molar-refractivity contribution is 5.85. The molecule has 0 N–H and O–H groups in total. The molecule has 1 aliphatic carbocycles. The van der Waals surface area contributed by atoms with Crippen LogP contribution < -0.4 is 0 Å². The van der Waals surface area contributed by atoms with E-state index >= 15 is 0 Å². The van der Waals surface area contributed by atoms with Gasteiger partial charge in [0.2, 0.25) is 0 Å². The van der Waals surface area contributed by atoms with E-state index in [4.69, 9.17) is 0 Å². The number of hydrogen-bond donors (Lipinski definition) is 0. The molecule has 0 unspecified atom stereocenters. The van der Waals surface area contributed by atoms with Gasteiger partial charge in [0.15, 0.2) is 0 Å². The Morgan fingerprint density at radius 1 is 0.658 bits per heavy atom. The first-order valence-corrected chi connectivity index (χ1v) is 13.7. The third kappa shape index (κ3) is 6.14. The molecule has 1 aliphatic rings. The third-order valence-electron chi connectivity index (χ3n) is 7.06. The van der Waals surface area contributed by atoms with E-state index in [1.54, 1.807) is 0 Å².